The van der Waals surface area contributed by atoms with Crippen molar-refractivity contribution >= 4 is 17.7 Å². The second-order valence-corrected chi connectivity index (χ2v) is 8.75. The van der Waals surface area contributed by atoms with E-state index in [9.17, 15) is 4.79 Å². The number of unbranched alkanes of at least 4 members (excludes halogenated alkanes) is 1. The van der Waals surface area contributed by atoms with Gasteiger partial charge in [-0.1, -0.05) is 31.5 Å². The maximum atomic E-state index is 12.3. The van der Waals surface area contributed by atoms with Crippen molar-refractivity contribution in [3.05, 3.63) is 53.6 Å². The normalized spacial score (nSPS) is 15.9. The van der Waals surface area contributed by atoms with Gasteiger partial charge in [0.25, 0.3) is 0 Å². The lowest BCUT2D eigenvalue weighted by atomic mass is 10.00. The first kappa shape index (κ1) is 26.8. The first-order valence-corrected chi connectivity index (χ1v) is 12.6. The van der Waals surface area contributed by atoms with Crippen LogP contribution in [0.1, 0.15) is 45.6 Å². The van der Waals surface area contributed by atoms with Crippen molar-refractivity contribution in [1.29, 1.82) is 0 Å². The van der Waals surface area contributed by atoms with Crippen LogP contribution in [0.3, 0.4) is 0 Å². The number of carbonyl (C=O) groups excluding carboxylic acids is 1. The fourth-order valence-corrected chi connectivity index (χ4v) is 4.12. The van der Waals surface area contributed by atoms with Gasteiger partial charge in [0.1, 0.15) is 12.4 Å². The SMILES string of the molecule is CCCCOCCOc1ccc(-c2ccc(N3CCC(OC)C3)c(C=C(C)C(=O)OCC)c2)cc1. The molecule has 0 aromatic heterocycles. The quantitative estimate of drug-likeness (QED) is 0.207. The molecular formula is C29H39NO5. The molecule has 0 bridgehead atoms. The monoisotopic (exact) mass is 481 g/mol. The highest BCUT2D eigenvalue weighted by molar-refractivity contribution is 5.94. The molecule has 3 rings (SSSR count). The van der Waals surface area contributed by atoms with Crippen LogP contribution >= 0.6 is 0 Å². The molecule has 35 heavy (non-hydrogen) atoms. The fraction of sp³-hybridized carbons (Fsp3) is 0.483. The van der Waals surface area contributed by atoms with Gasteiger partial charge >= 0.3 is 5.97 Å². The van der Waals surface area contributed by atoms with Gasteiger partial charge in [-0.15, -0.1) is 0 Å². The van der Waals surface area contributed by atoms with Gasteiger partial charge in [-0.25, -0.2) is 4.79 Å². The Hall–Kier alpha value is -2.83. The Morgan fingerprint density at radius 1 is 1.06 bits per heavy atom. The Morgan fingerprint density at radius 2 is 1.83 bits per heavy atom. The van der Waals surface area contributed by atoms with Crippen molar-refractivity contribution in [3.63, 3.8) is 0 Å². The van der Waals surface area contributed by atoms with E-state index in [2.05, 4.69) is 42.2 Å². The van der Waals surface area contributed by atoms with Crippen LogP contribution in [0.15, 0.2) is 48.0 Å². The standard InChI is InChI=1S/C29H39NO5/c1-5-7-16-33-17-18-35-26-11-8-23(9-12-26)24-10-13-28(30-15-14-27(21-30)32-4)25(20-24)19-22(3)29(31)34-6-2/h8-13,19-20,27H,5-7,14-18,21H2,1-4H3. The van der Waals surface area contributed by atoms with E-state index in [1.807, 2.05) is 25.1 Å². The van der Waals surface area contributed by atoms with E-state index in [-0.39, 0.29) is 12.1 Å². The number of ether oxygens (including phenoxy) is 4. The highest BCUT2D eigenvalue weighted by Gasteiger charge is 2.24. The second-order valence-electron chi connectivity index (χ2n) is 8.75. The smallest absolute Gasteiger partial charge is 0.333 e. The third kappa shape index (κ3) is 7.84. The minimum atomic E-state index is -0.291. The predicted molar refractivity (Wildman–Crippen MR) is 141 cm³/mol. The lowest BCUT2D eigenvalue weighted by molar-refractivity contribution is -0.138. The van der Waals surface area contributed by atoms with Crippen LogP contribution in [-0.2, 0) is 19.0 Å². The number of esters is 1. The second kappa shape index (κ2) is 13.9. The molecule has 1 aliphatic heterocycles. The summed E-state index contributed by atoms with van der Waals surface area (Å²) in [6, 6.07) is 14.5. The van der Waals surface area contributed by atoms with E-state index in [0.29, 0.717) is 25.4 Å². The van der Waals surface area contributed by atoms with Gasteiger partial charge in [0, 0.05) is 38.1 Å². The Morgan fingerprint density at radius 3 is 2.51 bits per heavy atom. The number of nitrogens with zero attached hydrogens (tertiary/aromatic N) is 1. The van der Waals surface area contributed by atoms with E-state index in [4.69, 9.17) is 18.9 Å². The van der Waals surface area contributed by atoms with Crippen molar-refractivity contribution in [3.8, 4) is 16.9 Å². The molecule has 0 saturated carbocycles. The predicted octanol–water partition coefficient (Wildman–Crippen LogP) is 5.74. The van der Waals surface area contributed by atoms with Crippen LogP contribution in [0, 0.1) is 0 Å². The molecule has 1 unspecified atom stereocenters. The largest absolute Gasteiger partial charge is 0.491 e. The average molecular weight is 482 g/mol. The van der Waals surface area contributed by atoms with E-state index in [1.54, 1.807) is 14.0 Å². The summed E-state index contributed by atoms with van der Waals surface area (Å²) in [5.74, 6) is 0.533. The minimum Gasteiger partial charge on any atom is -0.491 e. The Labute approximate surface area is 209 Å². The molecule has 0 N–H and O–H groups in total. The first-order chi connectivity index (χ1) is 17.0. The Kier molecular flexibility index (Phi) is 10.6. The van der Waals surface area contributed by atoms with Crippen LogP contribution in [-0.4, -0.2) is 58.7 Å². The molecule has 6 nitrogen and oxygen atoms in total. The Balaban J connectivity index is 1.77. The van der Waals surface area contributed by atoms with Crippen molar-refractivity contribution in [2.75, 3.05) is 51.5 Å². The number of carbonyl (C=O) groups is 1. The molecule has 2 aromatic rings. The number of anilines is 1. The van der Waals surface area contributed by atoms with Crippen LogP contribution in [0.2, 0.25) is 0 Å². The third-order valence-corrected chi connectivity index (χ3v) is 6.14. The average Bonchev–Trinajstić information content (AvgIpc) is 3.36. The number of hydrogen-bond donors (Lipinski definition) is 0. The minimum absolute atomic E-state index is 0.224. The molecule has 1 saturated heterocycles. The zero-order valence-electron chi connectivity index (χ0n) is 21.5. The topological polar surface area (TPSA) is 57.2 Å². The maximum absolute atomic E-state index is 12.3. The summed E-state index contributed by atoms with van der Waals surface area (Å²) >= 11 is 0. The van der Waals surface area contributed by atoms with Crippen molar-refractivity contribution in [2.45, 2.75) is 46.1 Å². The van der Waals surface area contributed by atoms with Gasteiger partial charge < -0.3 is 23.8 Å². The van der Waals surface area contributed by atoms with Crippen LogP contribution < -0.4 is 9.64 Å². The molecule has 1 fully saturated rings. The van der Waals surface area contributed by atoms with Gasteiger partial charge in [0.2, 0.25) is 0 Å². The summed E-state index contributed by atoms with van der Waals surface area (Å²) in [6.45, 7) is 9.81. The lowest BCUT2D eigenvalue weighted by Crippen LogP contribution is -2.23. The number of methoxy groups -OCH3 is 1. The maximum Gasteiger partial charge on any atom is 0.333 e. The lowest BCUT2D eigenvalue weighted by Gasteiger charge is -2.22. The molecule has 6 heteroatoms. The number of rotatable bonds is 13. The van der Waals surface area contributed by atoms with Crippen LogP contribution in [0.4, 0.5) is 5.69 Å². The fourth-order valence-electron chi connectivity index (χ4n) is 4.12. The zero-order chi connectivity index (χ0) is 25.0. The number of hydrogen-bond acceptors (Lipinski definition) is 6. The summed E-state index contributed by atoms with van der Waals surface area (Å²) in [4.78, 5) is 14.6. The summed E-state index contributed by atoms with van der Waals surface area (Å²) in [6.07, 6.45) is 5.35. The Bertz CT molecular complexity index is 970. The van der Waals surface area contributed by atoms with E-state index in [0.717, 1.165) is 67.1 Å². The summed E-state index contributed by atoms with van der Waals surface area (Å²) in [7, 11) is 1.76. The molecule has 0 aliphatic carbocycles. The third-order valence-electron chi connectivity index (χ3n) is 6.14. The zero-order valence-corrected chi connectivity index (χ0v) is 21.5. The highest BCUT2D eigenvalue weighted by atomic mass is 16.5. The molecule has 1 aliphatic rings. The summed E-state index contributed by atoms with van der Waals surface area (Å²) in [5, 5.41) is 0. The van der Waals surface area contributed by atoms with Gasteiger partial charge in [-0.05, 0) is 73.7 Å². The van der Waals surface area contributed by atoms with Crippen LogP contribution in [0.25, 0.3) is 17.2 Å². The van der Waals surface area contributed by atoms with Gasteiger partial charge in [-0.2, -0.15) is 0 Å². The summed E-state index contributed by atoms with van der Waals surface area (Å²) in [5.41, 5.74) is 4.84. The highest BCUT2D eigenvalue weighted by Crippen LogP contribution is 2.32. The molecule has 0 spiro atoms. The van der Waals surface area contributed by atoms with Crippen molar-refractivity contribution in [2.24, 2.45) is 0 Å². The van der Waals surface area contributed by atoms with Gasteiger partial charge in [-0.3, -0.25) is 0 Å². The van der Waals surface area contributed by atoms with Crippen LogP contribution in [0.5, 0.6) is 5.75 Å². The van der Waals surface area contributed by atoms with E-state index < -0.39 is 0 Å². The van der Waals surface area contributed by atoms with E-state index in [1.165, 1.54) is 0 Å². The summed E-state index contributed by atoms with van der Waals surface area (Å²) < 4.78 is 22.1. The van der Waals surface area contributed by atoms with Gasteiger partial charge in [0.05, 0.1) is 19.3 Å². The molecule has 2 aromatic carbocycles. The number of benzene rings is 2. The molecule has 1 heterocycles. The van der Waals surface area contributed by atoms with Crippen molar-refractivity contribution < 1.29 is 23.7 Å². The molecule has 0 radical (unpaired) electrons. The molecule has 190 valence electrons. The first-order valence-electron chi connectivity index (χ1n) is 12.6. The molecule has 0 amide bonds. The molecular weight excluding hydrogens is 442 g/mol. The van der Waals surface area contributed by atoms with Crippen molar-refractivity contribution in [1.82, 2.24) is 0 Å². The van der Waals surface area contributed by atoms with Gasteiger partial charge in [0.15, 0.2) is 0 Å². The van der Waals surface area contributed by atoms with E-state index >= 15 is 0 Å². The molecule has 1 atom stereocenters.